The topological polar surface area (TPSA) is 99.7 Å². The molecule has 188 valence electrons. The zero-order valence-corrected chi connectivity index (χ0v) is 19.7. The number of aliphatic hydroxyl groups excluding tert-OH is 1. The second-order valence-corrected chi connectivity index (χ2v) is 11.1. The van der Waals surface area contributed by atoms with Crippen molar-refractivity contribution < 1.29 is 28.2 Å². The van der Waals surface area contributed by atoms with Gasteiger partial charge < -0.3 is 25.8 Å². The average Bonchev–Trinajstić information content (AvgIpc) is 2.79. The molecule has 10 heteroatoms. The maximum Gasteiger partial charge on any atom is 0.246 e. The van der Waals surface area contributed by atoms with Crippen LogP contribution >= 0.6 is 11.6 Å². The molecule has 1 aliphatic heterocycles. The highest BCUT2D eigenvalue weighted by Gasteiger charge is 2.58. The first-order chi connectivity index (χ1) is 15.7. The van der Waals surface area contributed by atoms with Crippen molar-refractivity contribution in [2.24, 2.45) is 11.3 Å². The minimum Gasteiger partial charge on any atom is -0.392 e. The number of halogens is 3. The zero-order chi connectivity index (χ0) is 23.6. The summed E-state index contributed by atoms with van der Waals surface area (Å²) >= 11 is 5.90. The number of amides is 2. The van der Waals surface area contributed by atoms with Gasteiger partial charge in [0.2, 0.25) is 11.8 Å². The molecule has 5 fully saturated rings. The Hall–Kier alpha value is -1.03. The lowest BCUT2D eigenvalue weighted by atomic mass is 9.55. The van der Waals surface area contributed by atoms with Gasteiger partial charge in [-0.2, -0.15) is 0 Å². The van der Waals surface area contributed by atoms with E-state index in [9.17, 15) is 23.5 Å². The number of piperidine rings is 1. The molecule has 1 saturated heterocycles. The number of rotatable bonds is 7. The van der Waals surface area contributed by atoms with E-state index >= 15 is 0 Å². The minimum absolute atomic E-state index is 0.0453. The van der Waals surface area contributed by atoms with Gasteiger partial charge in [0.15, 0.2) is 0 Å². The summed E-state index contributed by atoms with van der Waals surface area (Å²) in [6.07, 6.45) is 1.09. The molecule has 2 bridgehead atoms. The van der Waals surface area contributed by atoms with E-state index in [1.54, 1.807) is 0 Å². The van der Waals surface area contributed by atoms with E-state index in [0.717, 1.165) is 0 Å². The van der Waals surface area contributed by atoms with Gasteiger partial charge in [0, 0.05) is 25.0 Å². The minimum atomic E-state index is -1.12. The Morgan fingerprint density at radius 3 is 2.55 bits per heavy atom. The van der Waals surface area contributed by atoms with Crippen LogP contribution < -0.4 is 16.0 Å². The largest absolute Gasteiger partial charge is 0.392 e. The molecule has 0 radical (unpaired) electrons. The molecule has 4 aliphatic carbocycles. The average molecular weight is 492 g/mol. The van der Waals surface area contributed by atoms with Crippen molar-refractivity contribution in [1.82, 2.24) is 16.0 Å². The van der Waals surface area contributed by atoms with Crippen molar-refractivity contribution in [3.63, 3.8) is 0 Å². The van der Waals surface area contributed by atoms with Crippen molar-refractivity contribution >= 4 is 23.4 Å². The number of carbonyl (C=O) groups is 2. The number of hydrogen-bond donors (Lipinski definition) is 4. The second kappa shape index (κ2) is 10.3. The lowest BCUT2D eigenvalue weighted by molar-refractivity contribution is -0.157. The van der Waals surface area contributed by atoms with Gasteiger partial charge in [-0.15, -0.1) is 11.6 Å². The Labute approximate surface area is 198 Å². The standard InChI is InChI=1S/C23H36ClF2N3O4/c24-17-2-1-16(8-18(17)26)33-13-20(31)29-22-3-5-23(6-4-22,19(30)9-22)21(32)28-11-14-7-15(25)12-27-10-14/h14-19,27,30H,1-13H2,(H,28,32)(H,29,31). The molecule has 0 aromatic rings. The quantitative estimate of drug-likeness (QED) is 0.407. The summed E-state index contributed by atoms with van der Waals surface area (Å²) in [5.74, 6) is -0.409. The molecule has 5 aliphatic rings. The van der Waals surface area contributed by atoms with E-state index in [0.29, 0.717) is 71.0 Å². The van der Waals surface area contributed by atoms with Gasteiger partial charge in [0.1, 0.15) is 19.0 Å². The maximum atomic E-state index is 13.8. The summed E-state index contributed by atoms with van der Waals surface area (Å²) < 4.78 is 33.0. The van der Waals surface area contributed by atoms with Crippen LogP contribution in [-0.4, -0.2) is 78.6 Å². The van der Waals surface area contributed by atoms with Crippen molar-refractivity contribution in [2.45, 2.75) is 93.3 Å². The summed E-state index contributed by atoms with van der Waals surface area (Å²) in [5.41, 5.74) is -1.40. The van der Waals surface area contributed by atoms with Crippen LogP contribution in [0, 0.1) is 11.3 Å². The fourth-order valence-electron chi connectivity index (χ4n) is 6.09. The van der Waals surface area contributed by atoms with Crippen LogP contribution in [0.15, 0.2) is 0 Å². The molecule has 4 saturated carbocycles. The Balaban J connectivity index is 1.24. The van der Waals surface area contributed by atoms with Crippen molar-refractivity contribution in [3.8, 4) is 0 Å². The number of nitrogens with one attached hydrogen (secondary N) is 3. The normalized spacial score (nSPS) is 43.2. The maximum absolute atomic E-state index is 13.8. The van der Waals surface area contributed by atoms with Gasteiger partial charge in [-0.05, 0) is 63.8 Å². The summed E-state index contributed by atoms with van der Waals surface area (Å²) in [6, 6.07) is 0. The lowest BCUT2D eigenvalue weighted by Crippen LogP contribution is -2.66. The molecule has 0 spiro atoms. The summed E-state index contributed by atoms with van der Waals surface area (Å²) in [4.78, 5) is 25.6. The first kappa shape index (κ1) is 25.1. The van der Waals surface area contributed by atoms with Crippen LogP contribution in [0.3, 0.4) is 0 Å². The molecule has 0 aromatic carbocycles. The van der Waals surface area contributed by atoms with Crippen LogP contribution in [-0.2, 0) is 14.3 Å². The second-order valence-electron chi connectivity index (χ2n) is 10.5. The summed E-state index contributed by atoms with van der Waals surface area (Å²) in [6.45, 7) is 1.27. The first-order valence-corrected chi connectivity index (χ1v) is 12.7. The number of carbonyl (C=O) groups excluding carboxylic acids is 2. The molecular weight excluding hydrogens is 456 g/mol. The van der Waals surface area contributed by atoms with E-state index in [1.807, 2.05) is 0 Å². The monoisotopic (exact) mass is 491 g/mol. The predicted molar refractivity (Wildman–Crippen MR) is 119 cm³/mol. The van der Waals surface area contributed by atoms with Gasteiger partial charge in [-0.3, -0.25) is 9.59 Å². The lowest BCUT2D eigenvalue weighted by Gasteiger charge is -2.55. The molecule has 33 heavy (non-hydrogen) atoms. The van der Waals surface area contributed by atoms with E-state index < -0.39 is 34.8 Å². The van der Waals surface area contributed by atoms with Crippen LogP contribution in [0.4, 0.5) is 8.78 Å². The van der Waals surface area contributed by atoms with E-state index in [-0.39, 0.29) is 36.9 Å². The van der Waals surface area contributed by atoms with E-state index in [2.05, 4.69) is 16.0 Å². The number of alkyl halides is 3. The molecule has 0 aromatic heterocycles. The summed E-state index contributed by atoms with van der Waals surface area (Å²) in [7, 11) is 0. The van der Waals surface area contributed by atoms with E-state index in [1.165, 1.54) is 0 Å². The molecule has 7 nitrogen and oxygen atoms in total. The predicted octanol–water partition coefficient (Wildman–Crippen LogP) is 1.74. The number of hydrogen-bond acceptors (Lipinski definition) is 5. The van der Waals surface area contributed by atoms with Crippen LogP contribution in [0.1, 0.15) is 57.8 Å². The van der Waals surface area contributed by atoms with Gasteiger partial charge >= 0.3 is 0 Å². The fourth-order valence-corrected chi connectivity index (χ4v) is 6.32. The molecule has 2 amide bonds. The first-order valence-electron chi connectivity index (χ1n) is 12.2. The van der Waals surface area contributed by atoms with E-state index in [4.69, 9.17) is 16.3 Å². The third-order valence-electron chi connectivity index (χ3n) is 8.21. The molecule has 6 unspecified atom stereocenters. The van der Waals surface area contributed by atoms with Gasteiger partial charge in [-0.25, -0.2) is 8.78 Å². The molecule has 1 heterocycles. The Kier molecular flexibility index (Phi) is 7.83. The molecule has 5 rings (SSSR count). The Bertz CT molecular complexity index is 722. The number of fused-ring (bicyclic) bond motifs is 3. The van der Waals surface area contributed by atoms with Crippen LogP contribution in [0.25, 0.3) is 0 Å². The van der Waals surface area contributed by atoms with Crippen LogP contribution in [0.5, 0.6) is 0 Å². The fraction of sp³-hybridized carbons (Fsp3) is 0.913. The van der Waals surface area contributed by atoms with Gasteiger partial charge in [-0.1, -0.05) is 0 Å². The number of ether oxygens (including phenoxy) is 1. The highest BCUT2D eigenvalue weighted by Crippen LogP contribution is 2.52. The van der Waals surface area contributed by atoms with Gasteiger partial charge in [0.25, 0.3) is 0 Å². The Morgan fingerprint density at radius 1 is 1.12 bits per heavy atom. The highest BCUT2D eigenvalue weighted by atomic mass is 35.5. The van der Waals surface area contributed by atoms with Crippen LogP contribution in [0.2, 0.25) is 0 Å². The SMILES string of the molecule is O=C(COC1CCC(Cl)C(F)C1)NC12CCC(C(=O)NCC3CNCC(F)C3)(CC1)C(O)C2. The third kappa shape index (κ3) is 5.63. The van der Waals surface area contributed by atoms with Crippen molar-refractivity contribution in [1.29, 1.82) is 0 Å². The van der Waals surface area contributed by atoms with Crippen molar-refractivity contribution in [2.75, 3.05) is 26.2 Å². The van der Waals surface area contributed by atoms with Gasteiger partial charge in [0.05, 0.1) is 23.0 Å². The molecule has 6 atom stereocenters. The Morgan fingerprint density at radius 2 is 1.88 bits per heavy atom. The summed E-state index contributed by atoms with van der Waals surface area (Å²) in [5, 5.41) is 19.4. The number of aliphatic hydroxyl groups is 1. The third-order valence-corrected chi connectivity index (χ3v) is 8.70. The van der Waals surface area contributed by atoms with Crippen molar-refractivity contribution in [3.05, 3.63) is 0 Å². The smallest absolute Gasteiger partial charge is 0.246 e. The molecular formula is C23H36ClF2N3O4. The highest BCUT2D eigenvalue weighted by molar-refractivity contribution is 6.21. The zero-order valence-electron chi connectivity index (χ0n) is 19.0. The molecule has 4 N–H and O–H groups in total.